The Morgan fingerprint density at radius 3 is 2.62 bits per heavy atom. The van der Waals surface area contributed by atoms with E-state index in [9.17, 15) is 16.8 Å². The summed E-state index contributed by atoms with van der Waals surface area (Å²) in [6, 6.07) is 1.33. The molecule has 0 bridgehead atoms. The van der Waals surface area contributed by atoms with E-state index in [1.54, 1.807) is 0 Å². The van der Waals surface area contributed by atoms with E-state index < -0.39 is 19.9 Å². The molecule has 0 aliphatic rings. The Balaban J connectivity index is 2.74. The molecule has 0 unspecified atom stereocenters. The summed E-state index contributed by atoms with van der Waals surface area (Å²) >= 11 is 0. The molecule has 9 heteroatoms. The summed E-state index contributed by atoms with van der Waals surface area (Å²) in [7, 11) is -6.88. The molecule has 0 spiro atoms. The number of hydrogen-bond donors (Lipinski definition) is 2. The number of sulfone groups is 1. The molecule has 0 fully saturated rings. The Morgan fingerprint density at radius 2 is 2.00 bits per heavy atom. The van der Waals surface area contributed by atoms with Gasteiger partial charge < -0.3 is 5.11 Å². The first-order valence-corrected chi connectivity index (χ1v) is 9.51. The van der Waals surface area contributed by atoms with Crippen molar-refractivity contribution in [2.24, 2.45) is 0 Å². The number of hydrogen-bond acceptors (Lipinski definition) is 6. The molecule has 0 saturated heterocycles. The lowest BCUT2D eigenvalue weighted by molar-refractivity contribution is 0.350. The van der Waals surface area contributed by atoms with Gasteiger partial charge in [-0.2, -0.15) is 0 Å². The maximum atomic E-state index is 12.0. The fraction of sp³-hybridized carbons (Fsp3) is 0.417. The molecule has 0 saturated carbocycles. The summed E-state index contributed by atoms with van der Waals surface area (Å²) < 4.78 is 48.2. The van der Waals surface area contributed by atoms with Crippen molar-refractivity contribution in [3.05, 3.63) is 24.0 Å². The van der Waals surface area contributed by atoms with Crippen LogP contribution in [0.25, 0.3) is 0 Å². The van der Waals surface area contributed by atoms with Crippen LogP contribution in [-0.2, 0) is 19.9 Å². The van der Waals surface area contributed by atoms with Gasteiger partial charge in [-0.1, -0.05) is 11.8 Å². The van der Waals surface area contributed by atoms with Crippen LogP contribution in [0.3, 0.4) is 0 Å². The average Bonchev–Trinajstić information content (AvgIpc) is 2.41. The van der Waals surface area contributed by atoms with Crippen molar-refractivity contribution >= 4 is 19.9 Å². The monoisotopic (exact) mass is 332 g/mol. The van der Waals surface area contributed by atoms with E-state index in [4.69, 9.17) is 5.11 Å². The van der Waals surface area contributed by atoms with E-state index in [0.29, 0.717) is 5.56 Å². The van der Waals surface area contributed by atoms with Crippen LogP contribution >= 0.6 is 0 Å². The van der Waals surface area contributed by atoms with Gasteiger partial charge in [-0.3, -0.25) is 4.98 Å². The van der Waals surface area contributed by atoms with Gasteiger partial charge in [0.1, 0.15) is 21.3 Å². The summed E-state index contributed by atoms with van der Waals surface area (Å²) in [6.07, 6.45) is 3.83. The summed E-state index contributed by atoms with van der Waals surface area (Å²) in [5.74, 6) is 4.87. The Morgan fingerprint density at radius 1 is 1.29 bits per heavy atom. The van der Waals surface area contributed by atoms with Gasteiger partial charge in [0.2, 0.25) is 10.0 Å². The highest BCUT2D eigenvalue weighted by molar-refractivity contribution is 7.90. The summed E-state index contributed by atoms with van der Waals surface area (Å²) in [5.41, 5.74) is 0.364. The van der Waals surface area contributed by atoms with Gasteiger partial charge in [0.25, 0.3) is 0 Å². The second-order valence-corrected chi connectivity index (χ2v) is 8.28. The molecule has 7 nitrogen and oxygen atoms in total. The highest BCUT2D eigenvalue weighted by atomic mass is 32.2. The topological polar surface area (TPSA) is 113 Å². The van der Waals surface area contributed by atoms with Crippen molar-refractivity contribution in [3.8, 4) is 11.8 Å². The maximum Gasteiger partial charge on any atom is 0.242 e. The highest BCUT2D eigenvalue weighted by Gasteiger charge is 2.14. The number of aliphatic hydroxyl groups is 1. The molecule has 1 rings (SSSR count). The lowest BCUT2D eigenvalue weighted by Gasteiger charge is -2.06. The lowest BCUT2D eigenvalue weighted by atomic mass is 10.3. The number of pyridine rings is 1. The standard InChI is InChI=1S/C12H16N2O5S2/c1-20(16,17)7-3-5-14-21(18,19)12-8-11(4-2-6-15)9-13-10-12/h8-10,14-15H,3,5-7H2,1H3. The molecule has 116 valence electrons. The van der Waals surface area contributed by atoms with E-state index in [2.05, 4.69) is 21.5 Å². The molecule has 21 heavy (non-hydrogen) atoms. The smallest absolute Gasteiger partial charge is 0.242 e. The molecule has 0 amide bonds. The Hall–Kier alpha value is -1.47. The van der Waals surface area contributed by atoms with E-state index in [1.165, 1.54) is 18.5 Å². The minimum absolute atomic E-state index is 0.0158. The molecule has 0 aliphatic heterocycles. The van der Waals surface area contributed by atoms with E-state index in [1.807, 2.05) is 0 Å². The van der Waals surface area contributed by atoms with Crippen LogP contribution in [-0.4, -0.2) is 52.1 Å². The third-order valence-corrected chi connectivity index (χ3v) is 4.78. The van der Waals surface area contributed by atoms with Gasteiger partial charge in [-0.05, 0) is 12.5 Å². The van der Waals surface area contributed by atoms with Crippen LogP contribution < -0.4 is 4.72 Å². The minimum atomic E-state index is -3.76. The van der Waals surface area contributed by atoms with Crippen LogP contribution in [0.2, 0.25) is 0 Å². The van der Waals surface area contributed by atoms with Gasteiger partial charge in [0.05, 0.1) is 5.75 Å². The quantitative estimate of drug-likeness (QED) is 0.517. The fourth-order valence-electron chi connectivity index (χ4n) is 1.40. The fourth-order valence-corrected chi connectivity index (χ4v) is 3.13. The van der Waals surface area contributed by atoms with E-state index in [0.717, 1.165) is 6.26 Å². The van der Waals surface area contributed by atoms with Gasteiger partial charge in [0.15, 0.2) is 0 Å². The second kappa shape index (κ2) is 7.51. The number of nitrogens with one attached hydrogen (secondary N) is 1. The van der Waals surface area contributed by atoms with Crippen LogP contribution in [0.15, 0.2) is 23.4 Å². The highest BCUT2D eigenvalue weighted by Crippen LogP contribution is 2.08. The van der Waals surface area contributed by atoms with Crippen molar-refractivity contribution in [1.82, 2.24) is 9.71 Å². The molecule has 0 atom stereocenters. The molecular weight excluding hydrogens is 316 g/mol. The van der Waals surface area contributed by atoms with Crippen LogP contribution in [0.5, 0.6) is 0 Å². The Kier molecular flexibility index (Phi) is 6.29. The largest absolute Gasteiger partial charge is 0.384 e. The van der Waals surface area contributed by atoms with Crippen molar-refractivity contribution in [2.45, 2.75) is 11.3 Å². The molecule has 0 aliphatic carbocycles. The molecule has 1 heterocycles. The first kappa shape index (κ1) is 17.6. The number of sulfonamides is 1. The van der Waals surface area contributed by atoms with Crippen LogP contribution in [0.1, 0.15) is 12.0 Å². The predicted octanol–water partition coefficient (Wildman–Crippen LogP) is -0.862. The zero-order valence-corrected chi connectivity index (χ0v) is 13.0. The molecule has 0 radical (unpaired) electrons. The normalized spacial score (nSPS) is 11.7. The van der Waals surface area contributed by atoms with Gasteiger partial charge in [0, 0.05) is 30.8 Å². The average molecular weight is 332 g/mol. The van der Waals surface area contributed by atoms with Gasteiger partial charge in [-0.25, -0.2) is 21.6 Å². The van der Waals surface area contributed by atoms with Crippen molar-refractivity contribution < 1.29 is 21.9 Å². The second-order valence-electron chi connectivity index (χ2n) is 4.25. The summed E-state index contributed by atoms with van der Waals surface area (Å²) in [6.45, 7) is -0.317. The molecular formula is C12H16N2O5S2. The first-order chi connectivity index (χ1) is 9.74. The number of aliphatic hydroxyl groups excluding tert-OH is 1. The molecule has 1 aromatic rings. The molecule has 0 aromatic carbocycles. The SMILES string of the molecule is CS(=O)(=O)CCCNS(=O)(=O)c1cncc(C#CCO)c1. The zero-order valence-electron chi connectivity index (χ0n) is 11.4. The first-order valence-electron chi connectivity index (χ1n) is 5.97. The van der Waals surface area contributed by atoms with Gasteiger partial charge in [-0.15, -0.1) is 0 Å². The number of aromatic nitrogens is 1. The molecule has 1 aromatic heterocycles. The predicted molar refractivity (Wildman–Crippen MR) is 77.7 cm³/mol. The zero-order chi connectivity index (χ0) is 15.9. The van der Waals surface area contributed by atoms with Crippen molar-refractivity contribution in [3.63, 3.8) is 0 Å². The summed E-state index contributed by atoms with van der Waals surface area (Å²) in [4.78, 5) is 3.71. The Bertz CT molecular complexity index is 745. The van der Waals surface area contributed by atoms with Crippen molar-refractivity contribution in [1.29, 1.82) is 0 Å². The van der Waals surface area contributed by atoms with Crippen LogP contribution in [0.4, 0.5) is 0 Å². The van der Waals surface area contributed by atoms with E-state index >= 15 is 0 Å². The van der Waals surface area contributed by atoms with E-state index in [-0.39, 0.29) is 30.2 Å². The third-order valence-electron chi connectivity index (χ3n) is 2.32. The number of rotatable bonds is 6. The Labute approximate surface area is 124 Å². The number of nitrogens with zero attached hydrogens (tertiary/aromatic N) is 1. The lowest BCUT2D eigenvalue weighted by Crippen LogP contribution is -2.26. The van der Waals surface area contributed by atoms with Crippen molar-refractivity contribution in [2.75, 3.05) is 25.2 Å². The minimum Gasteiger partial charge on any atom is -0.384 e. The summed E-state index contributed by atoms with van der Waals surface area (Å²) in [5, 5.41) is 8.59. The third kappa shape index (κ3) is 6.68. The maximum absolute atomic E-state index is 12.0. The molecule has 2 N–H and O–H groups in total. The van der Waals surface area contributed by atoms with Gasteiger partial charge >= 0.3 is 0 Å². The van der Waals surface area contributed by atoms with Crippen LogP contribution in [0, 0.1) is 11.8 Å².